The van der Waals surface area contributed by atoms with Crippen molar-refractivity contribution in [3.8, 4) is 11.3 Å². The molecule has 0 spiro atoms. The second kappa shape index (κ2) is 8.94. The summed E-state index contributed by atoms with van der Waals surface area (Å²) in [5, 5.41) is 8.74. The Kier molecular flexibility index (Phi) is 6.27. The fraction of sp³-hybridized carbons (Fsp3) is 0.455. The van der Waals surface area contributed by atoms with Crippen molar-refractivity contribution < 1.29 is 12.8 Å². The summed E-state index contributed by atoms with van der Waals surface area (Å²) < 4.78 is 34.2. The fourth-order valence-corrected chi connectivity index (χ4v) is 4.90. The van der Waals surface area contributed by atoms with E-state index in [2.05, 4.69) is 42.6 Å². The van der Waals surface area contributed by atoms with Crippen LogP contribution < -0.4 is 4.72 Å². The van der Waals surface area contributed by atoms with Crippen LogP contribution in [0.3, 0.4) is 0 Å². The first kappa shape index (κ1) is 21.7. The average Bonchev–Trinajstić information content (AvgIpc) is 3.34. The zero-order valence-corrected chi connectivity index (χ0v) is 19.0. The molecule has 0 radical (unpaired) electrons. The van der Waals surface area contributed by atoms with Gasteiger partial charge in [-0.1, -0.05) is 38.1 Å². The van der Waals surface area contributed by atoms with Crippen molar-refractivity contribution in [2.45, 2.75) is 39.4 Å². The van der Waals surface area contributed by atoms with Gasteiger partial charge in [0.2, 0.25) is 10.0 Å². The van der Waals surface area contributed by atoms with Crippen LogP contribution in [0.1, 0.15) is 37.1 Å². The van der Waals surface area contributed by atoms with E-state index in [1.807, 2.05) is 32.0 Å². The number of hydrogen-bond donors (Lipinski definition) is 1. The van der Waals surface area contributed by atoms with E-state index in [0.29, 0.717) is 5.82 Å². The molecule has 1 atom stereocenters. The summed E-state index contributed by atoms with van der Waals surface area (Å²) in [5.74, 6) is 2.52. The highest BCUT2D eigenvalue weighted by atomic mass is 32.2. The number of nitrogens with one attached hydrogen (secondary N) is 1. The van der Waals surface area contributed by atoms with Crippen LogP contribution in [0.15, 0.2) is 47.1 Å². The zero-order valence-electron chi connectivity index (χ0n) is 18.2. The first-order valence-corrected chi connectivity index (χ1v) is 12.4. The highest BCUT2D eigenvalue weighted by Gasteiger charge is 2.28. The number of rotatable bonds is 7. The number of fused-ring (bicyclic) bond motifs is 1. The van der Waals surface area contributed by atoms with Crippen LogP contribution in [0.2, 0.25) is 0 Å². The molecule has 166 valence electrons. The number of furan rings is 1. The molecule has 0 amide bonds. The monoisotopic (exact) mass is 443 g/mol. The second-order valence-electron chi connectivity index (χ2n) is 8.40. The molecule has 1 aromatic carbocycles. The molecule has 0 aliphatic carbocycles. The van der Waals surface area contributed by atoms with E-state index in [0.717, 1.165) is 49.7 Å². The second-order valence-corrected chi connectivity index (χ2v) is 10.2. The predicted molar refractivity (Wildman–Crippen MR) is 119 cm³/mol. The number of aromatic nitrogens is 3. The summed E-state index contributed by atoms with van der Waals surface area (Å²) >= 11 is 0. The highest BCUT2D eigenvalue weighted by molar-refractivity contribution is 7.88. The van der Waals surface area contributed by atoms with Gasteiger partial charge in [0.1, 0.15) is 11.6 Å². The minimum atomic E-state index is -3.36. The Morgan fingerprint density at radius 1 is 1.10 bits per heavy atom. The van der Waals surface area contributed by atoms with Crippen molar-refractivity contribution in [3.05, 3.63) is 59.9 Å². The van der Waals surface area contributed by atoms with Crippen LogP contribution in [0, 0.1) is 5.92 Å². The highest BCUT2D eigenvalue weighted by Crippen LogP contribution is 2.27. The van der Waals surface area contributed by atoms with Gasteiger partial charge in [0.15, 0.2) is 5.82 Å². The van der Waals surface area contributed by atoms with E-state index in [1.54, 1.807) is 6.26 Å². The van der Waals surface area contributed by atoms with Gasteiger partial charge in [-0.05, 0) is 23.6 Å². The van der Waals surface area contributed by atoms with E-state index < -0.39 is 16.1 Å². The lowest BCUT2D eigenvalue weighted by Gasteiger charge is -2.23. The molecule has 0 saturated heterocycles. The Bertz CT molecular complexity index is 1120. The van der Waals surface area contributed by atoms with Crippen LogP contribution in [0.25, 0.3) is 11.3 Å². The van der Waals surface area contributed by atoms with E-state index in [1.165, 1.54) is 11.8 Å². The summed E-state index contributed by atoms with van der Waals surface area (Å²) in [5.41, 5.74) is 2.32. The molecule has 3 aromatic rings. The van der Waals surface area contributed by atoms with Crippen molar-refractivity contribution in [2.24, 2.45) is 5.92 Å². The normalized spacial score (nSPS) is 16.3. The van der Waals surface area contributed by atoms with E-state index in [9.17, 15) is 8.42 Å². The lowest BCUT2D eigenvalue weighted by atomic mass is 10.0. The Balaban J connectivity index is 1.52. The van der Waals surface area contributed by atoms with Gasteiger partial charge in [-0.25, -0.2) is 13.1 Å². The van der Waals surface area contributed by atoms with Gasteiger partial charge in [-0.15, -0.1) is 10.2 Å². The van der Waals surface area contributed by atoms with Crippen molar-refractivity contribution in [1.82, 2.24) is 24.4 Å². The van der Waals surface area contributed by atoms with Gasteiger partial charge < -0.3 is 8.98 Å². The topological polar surface area (TPSA) is 93.3 Å². The van der Waals surface area contributed by atoms with Gasteiger partial charge in [0, 0.05) is 38.2 Å². The molecule has 9 heteroatoms. The van der Waals surface area contributed by atoms with Gasteiger partial charge in [0.05, 0.1) is 18.6 Å². The standard InChI is InChI=1S/C22H29N5O3S/c1-16(2)21(25-31(3,28)29)22-24-23-20-10-11-26(12-13-27(20)22)15-17-7-4-5-8-18(17)19-9-6-14-30-19/h4-9,14,16,21,25H,10-13,15H2,1-3H3. The fourth-order valence-electron chi connectivity index (χ4n) is 4.07. The molecule has 0 fully saturated rings. The Morgan fingerprint density at radius 3 is 2.61 bits per heavy atom. The molecule has 1 aliphatic heterocycles. The molecule has 0 saturated carbocycles. The summed E-state index contributed by atoms with van der Waals surface area (Å²) in [6, 6.07) is 11.8. The maximum atomic E-state index is 11.9. The van der Waals surface area contributed by atoms with E-state index in [4.69, 9.17) is 4.42 Å². The molecule has 1 aliphatic rings. The quantitative estimate of drug-likeness (QED) is 0.604. The van der Waals surface area contributed by atoms with Gasteiger partial charge >= 0.3 is 0 Å². The smallest absolute Gasteiger partial charge is 0.209 e. The number of sulfonamides is 1. The first-order valence-electron chi connectivity index (χ1n) is 10.6. The van der Waals surface area contributed by atoms with Crippen molar-refractivity contribution in [2.75, 3.05) is 19.3 Å². The number of nitrogens with zero attached hydrogens (tertiary/aromatic N) is 4. The average molecular weight is 444 g/mol. The minimum Gasteiger partial charge on any atom is -0.464 e. The van der Waals surface area contributed by atoms with Crippen molar-refractivity contribution in [1.29, 1.82) is 0 Å². The molecule has 31 heavy (non-hydrogen) atoms. The van der Waals surface area contributed by atoms with Crippen LogP contribution >= 0.6 is 0 Å². The molecular weight excluding hydrogens is 414 g/mol. The van der Waals surface area contributed by atoms with Crippen LogP contribution in [-0.2, 0) is 29.5 Å². The Morgan fingerprint density at radius 2 is 1.90 bits per heavy atom. The zero-order chi connectivity index (χ0) is 22.0. The molecule has 1 unspecified atom stereocenters. The van der Waals surface area contributed by atoms with Crippen molar-refractivity contribution in [3.63, 3.8) is 0 Å². The summed E-state index contributed by atoms with van der Waals surface area (Å²) in [6.07, 6.45) is 3.64. The Hall–Kier alpha value is -2.49. The third-order valence-electron chi connectivity index (χ3n) is 5.63. The maximum absolute atomic E-state index is 11.9. The third kappa shape index (κ3) is 5.06. The van der Waals surface area contributed by atoms with Gasteiger partial charge in [-0.3, -0.25) is 4.90 Å². The first-order chi connectivity index (χ1) is 14.8. The third-order valence-corrected chi connectivity index (χ3v) is 6.31. The Labute approximate surface area is 183 Å². The van der Waals surface area contributed by atoms with Crippen LogP contribution in [0.4, 0.5) is 0 Å². The molecule has 2 aromatic heterocycles. The van der Waals surface area contributed by atoms with E-state index in [-0.39, 0.29) is 5.92 Å². The summed E-state index contributed by atoms with van der Waals surface area (Å²) in [4.78, 5) is 2.40. The van der Waals surface area contributed by atoms with Gasteiger partial charge in [-0.2, -0.15) is 0 Å². The minimum absolute atomic E-state index is 0.0579. The SMILES string of the molecule is CC(C)C(NS(C)(=O)=O)c1nnc2n1CCN(Cc1ccccc1-c1ccco1)CC2. The molecule has 3 heterocycles. The molecule has 1 N–H and O–H groups in total. The largest absolute Gasteiger partial charge is 0.464 e. The predicted octanol–water partition coefficient (Wildman–Crippen LogP) is 2.84. The summed E-state index contributed by atoms with van der Waals surface area (Å²) in [6.45, 7) is 7.18. The lowest BCUT2D eigenvalue weighted by Crippen LogP contribution is -2.33. The molecule has 0 bridgehead atoms. The summed E-state index contributed by atoms with van der Waals surface area (Å²) in [7, 11) is -3.36. The molecular formula is C22H29N5O3S. The lowest BCUT2D eigenvalue weighted by molar-refractivity contribution is 0.269. The van der Waals surface area contributed by atoms with Gasteiger partial charge in [0.25, 0.3) is 0 Å². The number of benzene rings is 1. The molecule has 4 rings (SSSR count). The maximum Gasteiger partial charge on any atom is 0.209 e. The van der Waals surface area contributed by atoms with E-state index >= 15 is 0 Å². The van der Waals surface area contributed by atoms with Crippen LogP contribution in [-0.4, -0.2) is 47.4 Å². The number of hydrogen-bond acceptors (Lipinski definition) is 6. The van der Waals surface area contributed by atoms with Crippen molar-refractivity contribution >= 4 is 10.0 Å². The molecule has 8 nitrogen and oxygen atoms in total. The van der Waals surface area contributed by atoms with Crippen LogP contribution in [0.5, 0.6) is 0 Å².